The fraction of sp³-hybridized carbons (Fsp3) is 0. The first-order valence-electron chi connectivity index (χ1n) is 18.6. The van der Waals surface area contributed by atoms with Crippen molar-refractivity contribution in [2.45, 2.75) is 0 Å². The van der Waals surface area contributed by atoms with E-state index in [9.17, 15) is 0 Å². The van der Waals surface area contributed by atoms with E-state index in [-0.39, 0.29) is 0 Å². The molecule has 0 saturated carbocycles. The molecule has 0 amide bonds. The van der Waals surface area contributed by atoms with Crippen LogP contribution in [-0.4, -0.2) is 14.5 Å². The van der Waals surface area contributed by atoms with Crippen LogP contribution in [-0.2, 0) is 0 Å². The summed E-state index contributed by atoms with van der Waals surface area (Å²) in [6.07, 6.45) is 0. The third-order valence-corrected chi connectivity index (χ3v) is 13.9. The van der Waals surface area contributed by atoms with Crippen molar-refractivity contribution >= 4 is 128 Å². The molecule has 0 unspecified atom stereocenters. The van der Waals surface area contributed by atoms with Crippen LogP contribution in [0.15, 0.2) is 164 Å². The third-order valence-electron chi connectivity index (χ3n) is 11.6. The Balaban J connectivity index is 1.28. The summed E-state index contributed by atoms with van der Waals surface area (Å²) in [4.78, 5) is 12.4. The van der Waals surface area contributed by atoms with Gasteiger partial charge in [0.2, 0.25) is 0 Å². The molecule has 0 aliphatic carbocycles. The molecule has 0 spiro atoms. The minimum atomic E-state index is 0.849. The Bertz CT molecular complexity index is 3760. The molecule has 13 rings (SSSR count). The molecular formula is C50H27N3S2. The van der Waals surface area contributed by atoms with Crippen LogP contribution >= 0.6 is 22.7 Å². The normalized spacial score (nSPS) is 12.4. The highest BCUT2D eigenvalue weighted by atomic mass is 32.1. The summed E-state index contributed by atoms with van der Waals surface area (Å²) in [6.45, 7) is 0. The minimum absolute atomic E-state index is 0.849. The standard InChI is InChI=1S/C50H27N3S2/c1-2-13-29-28(12-1)24-25-38-44-40(27-26-35-32-16-4-3-14-30(32)31-15-5-6-18-34(31)43(35)44)53(47(29)38)49-45(52-50-46(51-49)37-19-8-10-23-42(37)55-50)39-21-11-20-36-33-17-7-9-22-41(33)54-48(36)39/h1-27H. The molecule has 254 valence electrons. The van der Waals surface area contributed by atoms with Gasteiger partial charge in [-0.25, -0.2) is 9.97 Å². The Kier molecular flexibility index (Phi) is 5.93. The summed E-state index contributed by atoms with van der Waals surface area (Å²) in [6, 6.07) is 59.8. The van der Waals surface area contributed by atoms with Crippen molar-refractivity contribution in [2.24, 2.45) is 0 Å². The van der Waals surface area contributed by atoms with Gasteiger partial charge in [0.1, 0.15) is 16.0 Å². The summed E-state index contributed by atoms with van der Waals surface area (Å²) in [5.74, 6) is 0.849. The maximum Gasteiger partial charge on any atom is 0.165 e. The Morgan fingerprint density at radius 1 is 0.400 bits per heavy atom. The predicted molar refractivity (Wildman–Crippen MR) is 238 cm³/mol. The summed E-state index contributed by atoms with van der Waals surface area (Å²) >= 11 is 3.56. The van der Waals surface area contributed by atoms with Gasteiger partial charge in [0.05, 0.1) is 11.0 Å². The van der Waals surface area contributed by atoms with Gasteiger partial charge in [0, 0.05) is 57.4 Å². The van der Waals surface area contributed by atoms with Crippen molar-refractivity contribution in [3.63, 3.8) is 0 Å². The van der Waals surface area contributed by atoms with Crippen LogP contribution in [0, 0.1) is 0 Å². The van der Waals surface area contributed by atoms with Gasteiger partial charge in [0.15, 0.2) is 5.82 Å². The first-order chi connectivity index (χ1) is 27.3. The number of hydrogen-bond acceptors (Lipinski definition) is 4. The highest BCUT2D eigenvalue weighted by Gasteiger charge is 2.25. The second kappa shape index (κ2) is 11.0. The van der Waals surface area contributed by atoms with Crippen molar-refractivity contribution in [2.75, 3.05) is 0 Å². The number of benzene rings is 9. The van der Waals surface area contributed by atoms with E-state index in [2.05, 4.69) is 168 Å². The van der Waals surface area contributed by atoms with Crippen LogP contribution in [0.5, 0.6) is 0 Å². The molecule has 13 aromatic rings. The maximum atomic E-state index is 5.76. The Hall–Kier alpha value is -6.66. The molecule has 0 aliphatic heterocycles. The zero-order chi connectivity index (χ0) is 35.8. The number of nitrogens with zero attached hydrogens (tertiary/aromatic N) is 3. The first kappa shape index (κ1) is 29.8. The van der Waals surface area contributed by atoms with Crippen molar-refractivity contribution in [3.05, 3.63) is 164 Å². The second-order valence-electron chi connectivity index (χ2n) is 14.4. The molecule has 0 saturated heterocycles. The van der Waals surface area contributed by atoms with Gasteiger partial charge in [-0.3, -0.25) is 4.57 Å². The lowest BCUT2D eigenvalue weighted by Crippen LogP contribution is -2.03. The van der Waals surface area contributed by atoms with Gasteiger partial charge in [-0.15, -0.1) is 22.7 Å². The molecule has 4 heterocycles. The summed E-state index contributed by atoms with van der Waals surface area (Å²) < 4.78 is 6.14. The van der Waals surface area contributed by atoms with Gasteiger partial charge in [-0.05, 0) is 50.5 Å². The molecule has 4 aromatic heterocycles. The fourth-order valence-electron chi connectivity index (χ4n) is 9.27. The van der Waals surface area contributed by atoms with Crippen molar-refractivity contribution < 1.29 is 0 Å². The number of thiophene rings is 2. The minimum Gasteiger partial charge on any atom is -0.291 e. The summed E-state index contributed by atoms with van der Waals surface area (Å²) in [5, 5.41) is 16.1. The zero-order valence-electron chi connectivity index (χ0n) is 29.2. The molecule has 55 heavy (non-hydrogen) atoms. The second-order valence-corrected chi connectivity index (χ2v) is 16.5. The predicted octanol–water partition coefficient (Wildman–Crippen LogP) is 14.6. The lowest BCUT2D eigenvalue weighted by Gasteiger charge is -2.15. The van der Waals surface area contributed by atoms with Crippen molar-refractivity contribution in [1.29, 1.82) is 0 Å². The molecule has 3 nitrogen and oxygen atoms in total. The first-order valence-corrected chi connectivity index (χ1v) is 20.2. The molecule has 0 bridgehead atoms. The van der Waals surface area contributed by atoms with Gasteiger partial charge in [0.25, 0.3) is 0 Å². The lowest BCUT2D eigenvalue weighted by atomic mass is 9.91. The molecule has 0 N–H and O–H groups in total. The monoisotopic (exact) mass is 733 g/mol. The van der Waals surface area contributed by atoms with Gasteiger partial charge >= 0.3 is 0 Å². The van der Waals surface area contributed by atoms with E-state index in [0.717, 1.165) is 43.8 Å². The lowest BCUT2D eigenvalue weighted by molar-refractivity contribution is 1.09. The Morgan fingerprint density at radius 3 is 1.80 bits per heavy atom. The van der Waals surface area contributed by atoms with Crippen LogP contribution in [0.2, 0.25) is 0 Å². The van der Waals surface area contributed by atoms with E-state index < -0.39 is 0 Å². The van der Waals surface area contributed by atoms with E-state index in [0.29, 0.717) is 0 Å². The Morgan fingerprint density at radius 2 is 1.00 bits per heavy atom. The van der Waals surface area contributed by atoms with Gasteiger partial charge in [-0.1, -0.05) is 146 Å². The average molecular weight is 734 g/mol. The smallest absolute Gasteiger partial charge is 0.165 e. The molecule has 0 radical (unpaired) electrons. The number of hydrogen-bond donors (Lipinski definition) is 0. The average Bonchev–Trinajstić information content (AvgIpc) is 3.92. The van der Waals surface area contributed by atoms with Crippen LogP contribution < -0.4 is 0 Å². The highest BCUT2D eigenvalue weighted by molar-refractivity contribution is 7.26. The summed E-state index contributed by atoms with van der Waals surface area (Å²) in [5.41, 5.74) is 5.21. The molecule has 0 fully saturated rings. The van der Waals surface area contributed by atoms with E-state index in [1.54, 1.807) is 11.3 Å². The van der Waals surface area contributed by atoms with E-state index >= 15 is 0 Å². The van der Waals surface area contributed by atoms with Crippen molar-refractivity contribution in [1.82, 2.24) is 14.5 Å². The van der Waals surface area contributed by atoms with Crippen LogP contribution in [0.25, 0.3) is 123 Å². The third kappa shape index (κ3) is 3.98. The van der Waals surface area contributed by atoms with Crippen LogP contribution in [0.3, 0.4) is 0 Å². The SMILES string of the molecule is c1ccc2c(c1)ccc1c3c4c5ccccc5c5ccccc5c4ccc3n(-c3nc4c(nc3-c3cccc5c3sc3ccccc35)sc3ccccc34)c21. The van der Waals surface area contributed by atoms with Gasteiger partial charge < -0.3 is 0 Å². The molecule has 9 aromatic carbocycles. The van der Waals surface area contributed by atoms with Crippen LogP contribution in [0.1, 0.15) is 0 Å². The number of rotatable bonds is 2. The molecular weight excluding hydrogens is 707 g/mol. The van der Waals surface area contributed by atoms with Crippen LogP contribution in [0.4, 0.5) is 0 Å². The number of fused-ring (bicyclic) bond motifs is 18. The van der Waals surface area contributed by atoms with E-state index in [1.165, 1.54) is 78.7 Å². The Labute approximate surface area is 322 Å². The topological polar surface area (TPSA) is 30.7 Å². The fourth-order valence-corrected chi connectivity index (χ4v) is 11.5. The molecule has 5 heteroatoms. The highest BCUT2D eigenvalue weighted by Crippen LogP contribution is 2.48. The molecule has 0 aliphatic rings. The van der Waals surface area contributed by atoms with E-state index in [1.807, 2.05) is 11.3 Å². The summed E-state index contributed by atoms with van der Waals surface area (Å²) in [7, 11) is 0. The molecule has 0 atom stereocenters. The van der Waals surface area contributed by atoms with E-state index in [4.69, 9.17) is 9.97 Å². The van der Waals surface area contributed by atoms with Crippen molar-refractivity contribution in [3.8, 4) is 17.1 Å². The van der Waals surface area contributed by atoms with Gasteiger partial charge in [-0.2, -0.15) is 0 Å². The maximum absolute atomic E-state index is 5.76. The largest absolute Gasteiger partial charge is 0.291 e. The quantitative estimate of drug-likeness (QED) is 0.166. The zero-order valence-corrected chi connectivity index (χ0v) is 30.9. The number of aromatic nitrogens is 3.